The van der Waals surface area contributed by atoms with Crippen LogP contribution in [0.5, 0.6) is 0 Å². The van der Waals surface area contributed by atoms with Crippen LogP contribution in [0.1, 0.15) is 5.56 Å². The lowest BCUT2D eigenvalue weighted by Gasteiger charge is -2.26. The molecule has 1 N–H and O–H groups in total. The fourth-order valence-corrected chi connectivity index (χ4v) is 2.29. The van der Waals surface area contributed by atoms with Crippen molar-refractivity contribution >= 4 is 29.2 Å². The summed E-state index contributed by atoms with van der Waals surface area (Å²) < 4.78 is 5.33. The first-order valence-electron chi connectivity index (χ1n) is 6.79. The van der Waals surface area contributed by atoms with Gasteiger partial charge in [0.25, 0.3) is 0 Å². The van der Waals surface area contributed by atoms with Crippen molar-refractivity contribution < 1.29 is 4.74 Å². The quantitative estimate of drug-likeness (QED) is 0.939. The summed E-state index contributed by atoms with van der Waals surface area (Å²) >= 11 is 6.02. The van der Waals surface area contributed by atoms with Gasteiger partial charge in [-0.2, -0.15) is 15.0 Å². The predicted molar refractivity (Wildman–Crippen MR) is 82.3 cm³/mol. The number of morpholine rings is 1. The molecule has 21 heavy (non-hydrogen) atoms. The molecule has 1 saturated heterocycles. The Morgan fingerprint density at radius 2 is 1.90 bits per heavy atom. The van der Waals surface area contributed by atoms with Gasteiger partial charge in [0.1, 0.15) is 0 Å². The minimum atomic E-state index is 0.183. The maximum Gasteiger partial charge on any atom is 0.233 e. The highest BCUT2D eigenvalue weighted by atomic mass is 35.5. The van der Waals surface area contributed by atoms with Gasteiger partial charge in [0.15, 0.2) is 0 Å². The molecule has 1 aliphatic heterocycles. The van der Waals surface area contributed by atoms with E-state index in [0.717, 1.165) is 24.3 Å². The third kappa shape index (κ3) is 3.40. The normalized spacial score (nSPS) is 15.0. The average molecular weight is 306 g/mol. The monoisotopic (exact) mass is 305 g/mol. The standard InChI is InChI=1S/C14H16ClN5O/c1-10-4-2-3-5-11(10)16-13-17-12(15)18-14(19-13)20-6-8-21-9-7-20/h2-5H,6-9H2,1H3,(H,16,17,18,19). The molecule has 6 nitrogen and oxygen atoms in total. The van der Waals surface area contributed by atoms with E-state index in [1.807, 2.05) is 36.1 Å². The summed E-state index contributed by atoms with van der Waals surface area (Å²) in [6, 6.07) is 7.94. The van der Waals surface area contributed by atoms with Crippen molar-refractivity contribution in [3.63, 3.8) is 0 Å². The van der Waals surface area contributed by atoms with Crippen LogP contribution in [0.25, 0.3) is 0 Å². The van der Waals surface area contributed by atoms with E-state index < -0.39 is 0 Å². The van der Waals surface area contributed by atoms with Crippen LogP contribution >= 0.6 is 11.6 Å². The second kappa shape index (κ2) is 6.24. The molecule has 0 saturated carbocycles. The van der Waals surface area contributed by atoms with Crippen molar-refractivity contribution in [3.8, 4) is 0 Å². The summed E-state index contributed by atoms with van der Waals surface area (Å²) in [6.45, 7) is 4.87. The Morgan fingerprint density at radius 1 is 1.14 bits per heavy atom. The minimum Gasteiger partial charge on any atom is -0.378 e. The van der Waals surface area contributed by atoms with Crippen LogP contribution in [0.3, 0.4) is 0 Å². The van der Waals surface area contributed by atoms with Gasteiger partial charge in [-0.25, -0.2) is 0 Å². The fraction of sp³-hybridized carbons (Fsp3) is 0.357. The molecule has 1 aliphatic rings. The Balaban J connectivity index is 1.85. The van der Waals surface area contributed by atoms with Crippen LogP contribution in [-0.2, 0) is 4.74 Å². The Kier molecular flexibility index (Phi) is 4.17. The fourth-order valence-electron chi connectivity index (χ4n) is 2.13. The number of nitrogens with zero attached hydrogens (tertiary/aromatic N) is 4. The lowest BCUT2D eigenvalue weighted by Crippen LogP contribution is -2.37. The minimum absolute atomic E-state index is 0.183. The number of nitrogens with one attached hydrogen (secondary N) is 1. The zero-order valence-electron chi connectivity index (χ0n) is 11.7. The SMILES string of the molecule is Cc1ccccc1Nc1nc(Cl)nc(N2CCOCC2)n1. The van der Waals surface area contributed by atoms with Gasteiger partial charge < -0.3 is 15.0 Å². The molecule has 2 heterocycles. The molecule has 0 radical (unpaired) electrons. The third-order valence-corrected chi connectivity index (χ3v) is 3.45. The van der Waals surface area contributed by atoms with Crippen molar-refractivity contribution in [2.45, 2.75) is 6.92 Å². The van der Waals surface area contributed by atoms with E-state index in [0.29, 0.717) is 25.1 Å². The molecule has 1 fully saturated rings. The number of halogens is 1. The van der Waals surface area contributed by atoms with Crippen molar-refractivity contribution in [3.05, 3.63) is 35.1 Å². The zero-order chi connectivity index (χ0) is 14.7. The van der Waals surface area contributed by atoms with Crippen LogP contribution in [0.15, 0.2) is 24.3 Å². The first-order chi connectivity index (χ1) is 10.2. The van der Waals surface area contributed by atoms with E-state index in [1.54, 1.807) is 0 Å². The van der Waals surface area contributed by atoms with Gasteiger partial charge in [0, 0.05) is 18.8 Å². The van der Waals surface area contributed by atoms with Gasteiger partial charge in [-0.05, 0) is 30.2 Å². The van der Waals surface area contributed by atoms with Crippen molar-refractivity contribution in [2.75, 3.05) is 36.5 Å². The molecule has 0 aliphatic carbocycles. The Labute approximate surface area is 128 Å². The summed E-state index contributed by atoms with van der Waals surface area (Å²) in [7, 11) is 0. The Morgan fingerprint density at radius 3 is 2.67 bits per heavy atom. The number of anilines is 3. The number of hydrogen-bond acceptors (Lipinski definition) is 6. The zero-order valence-corrected chi connectivity index (χ0v) is 12.5. The summed E-state index contributed by atoms with van der Waals surface area (Å²) in [6.07, 6.45) is 0. The van der Waals surface area contributed by atoms with Crippen LogP contribution in [-0.4, -0.2) is 41.3 Å². The highest BCUT2D eigenvalue weighted by Gasteiger charge is 2.16. The first-order valence-corrected chi connectivity index (χ1v) is 7.17. The number of aromatic nitrogens is 3. The van der Waals surface area contributed by atoms with Gasteiger partial charge in [0.05, 0.1) is 13.2 Å². The van der Waals surface area contributed by atoms with Gasteiger partial charge >= 0.3 is 0 Å². The molecular formula is C14H16ClN5O. The molecule has 110 valence electrons. The maximum atomic E-state index is 6.02. The van der Waals surface area contributed by atoms with Crippen LogP contribution in [0.4, 0.5) is 17.6 Å². The largest absolute Gasteiger partial charge is 0.378 e. The smallest absolute Gasteiger partial charge is 0.233 e. The molecule has 1 aromatic carbocycles. The van der Waals surface area contributed by atoms with Crippen molar-refractivity contribution in [2.24, 2.45) is 0 Å². The van der Waals surface area contributed by atoms with E-state index in [2.05, 4.69) is 20.3 Å². The summed E-state index contributed by atoms with van der Waals surface area (Å²) in [5.41, 5.74) is 2.06. The summed E-state index contributed by atoms with van der Waals surface area (Å²) in [5.74, 6) is 1.03. The topological polar surface area (TPSA) is 63.2 Å². The molecule has 7 heteroatoms. The van der Waals surface area contributed by atoms with E-state index in [-0.39, 0.29) is 5.28 Å². The van der Waals surface area contributed by atoms with E-state index >= 15 is 0 Å². The van der Waals surface area contributed by atoms with E-state index in [9.17, 15) is 0 Å². The number of benzene rings is 1. The van der Waals surface area contributed by atoms with E-state index in [4.69, 9.17) is 16.3 Å². The highest BCUT2D eigenvalue weighted by Crippen LogP contribution is 2.20. The van der Waals surface area contributed by atoms with E-state index in [1.165, 1.54) is 0 Å². The van der Waals surface area contributed by atoms with Crippen LogP contribution in [0, 0.1) is 6.92 Å². The average Bonchev–Trinajstić information content (AvgIpc) is 2.50. The second-order valence-corrected chi connectivity index (χ2v) is 5.11. The summed E-state index contributed by atoms with van der Waals surface area (Å²) in [4.78, 5) is 14.8. The Hall–Kier alpha value is -1.92. The van der Waals surface area contributed by atoms with Crippen molar-refractivity contribution in [1.29, 1.82) is 0 Å². The molecule has 3 rings (SSSR count). The Bertz CT molecular complexity index is 631. The number of hydrogen-bond donors (Lipinski definition) is 1. The molecular weight excluding hydrogens is 290 g/mol. The number of para-hydroxylation sites is 1. The van der Waals surface area contributed by atoms with Gasteiger partial charge in [-0.3, -0.25) is 0 Å². The van der Waals surface area contributed by atoms with Gasteiger partial charge in [-0.1, -0.05) is 18.2 Å². The lowest BCUT2D eigenvalue weighted by molar-refractivity contribution is 0.122. The second-order valence-electron chi connectivity index (χ2n) is 4.77. The molecule has 1 aromatic heterocycles. The number of ether oxygens (including phenoxy) is 1. The number of aryl methyl sites for hydroxylation is 1. The maximum absolute atomic E-state index is 6.02. The van der Waals surface area contributed by atoms with Gasteiger partial charge in [0.2, 0.25) is 17.2 Å². The van der Waals surface area contributed by atoms with Crippen LogP contribution < -0.4 is 10.2 Å². The third-order valence-electron chi connectivity index (χ3n) is 3.28. The van der Waals surface area contributed by atoms with Crippen LogP contribution in [0.2, 0.25) is 5.28 Å². The lowest BCUT2D eigenvalue weighted by atomic mass is 10.2. The van der Waals surface area contributed by atoms with Crippen molar-refractivity contribution in [1.82, 2.24) is 15.0 Å². The molecule has 0 spiro atoms. The predicted octanol–water partition coefficient (Wildman–Crippen LogP) is 2.41. The molecule has 0 amide bonds. The molecule has 0 bridgehead atoms. The summed E-state index contributed by atoms with van der Waals surface area (Å²) in [5, 5.41) is 3.37. The number of rotatable bonds is 3. The van der Waals surface area contributed by atoms with Gasteiger partial charge in [-0.15, -0.1) is 0 Å². The first kappa shape index (κ1) is 14.0. The molecule has 0 atom stereocenters. The molecule has 2 aromatic rings. The highest BCUT2D eigenvalue weighted by molar-refractivity contribution is 6.28. The molecule has 0 unspecified atom stereocenters.